The Morgan fingerprint density at radius 3 is 3.00 bits per heavy atom. The largest absolute Gasteiger partial charge is 0.462 e. The number of furan rings is 1. The number of carbonyl (C=O) groups excluding carboxylic acids is 1. The Morgan fingerprint density at radius 1 is 1.52 bits per heavy atom. The average molecular weight is 308 g/mol. The lowest BCUT2D eigenvalue weighted by Crippen LogP contribution is -2.34. The molecule has 6 heteroatoms. The van der Waals surface area contributed by atoms with Crippen molar-refractivity contribution >= 4 is 17.2 Å². The van der Waals surface area contributed by atoms with Crippen molar-refractivity contribution in [3.05, 3.63) is 29.5 Å². The maximum atomic E-state index is 12.1. The smallest absolute Gasteiger partial charge is 0.270 e. The summed E-state index contributed by atoms with van der Waals surface area (Å²) in [5.74, 6) is 0.489. The minimum atomic E-state index is -0.180. The molecule has 2 aromatic rings. The van der Waals surface area contributed by atoms with Crippen LogP contribution in [0.25, 0.3) is 10.8 Å². The summed E-state index contributed by atoms with van der Waals surface area (Å²) < 4.78 is 5.26. The van der Waals surface area contributed by atoms with Gasteiger partial charge in [0, 0.05) is 18.5 Å². The zero-order chi connectivity index (χ0) is 15.3. The van der Waals surface area contributed by atoms with Crippen molar-refractivity contribution < 1.29 is 14.3 Å². The molecule has 2 aromatic heterocycles. The summed E-state index contributed by atoms with van der Waals surface area (Å²) >= 11 is 1.38. The number of aromatic nitrogens is 1. The van der Waals surface area contributed by atoms with Gasteiger partial charge < -0.3 is 14.8 Å². The molecule has 2 rings (SSSR count). The van der Waals surface area contributed by atoms with E-state index in [-0.39, 0.29) is 17.9 Å². The molecule has 0 spiro atoms. The van der Waals surface area contributed by atoms with Gasteiger partial charge in [-0.25, -0.2) is 4.98 Å². The Labute approximate surface area is 128 Å². The number of rotatable bonds is 7. The Bertz CT molecular complexity index is 576. The van der Waals surface area contributed by atoms with Gasteiger partial charge in [0.05, 0.1) is 6.26 Å². The van der Waals surface area contributed by atoms with E-state index in [1.807, 2.05) is 6.07 Å². The highest BCUT2D eigenvalue weighted by atomic mass is 32.1. The number of hydrogen-bond donors (Lipinski definition) is 2. The number of aliphatic hydroxyl groups is 1. The van der Waals surface area contributed by atoms with Crippen LogP contribution < -0.4 is 5.32 Å². The van der Waals surface area contributed by atoms with Gasteiger partial charge in [-0.1, -0.05) is 13.8 Å². The second kappa shape index (κ2) is 6.87. The molecule has 0 unspecified atom stereocenters. The van der Waals surface area contributed by atoms with Gasteiger partial charge in [0.1, 0.15) is 5.69 Å². The fourth-order valence-electron chi connectivity index (χ4n) is 1.95. The second-order valence-corrected chi connectivity index (χ2v) is 6.55. The molecule has 1 amide bonds. The number of carbonyl (C=O) groups is 1. The monoisotopic (exact) mass is 308 g/mol. The molecule has 0 bridgehead atoms. The Hall–Kier alpha value is -1.66. The maximum Gasteiger partial charge on any atom is 0.270 e. The Balaban J connectivity index is 1.92. The summed E-state index contributed by atoms with van der Waals surface area (Å²) in [6, 6.07) is 3.61. The number of hydrogen-bond acceptors (Lipinski definition) is 5. The molecular weight excluding hydrogens is 288 g/mol. The lowest BCUT2D eigenvalue weighted by Gasteiger charge is -2.24. The van der Waals surface area contributed by atoms with Gasteiger partial charge in [-0.05, 0) is 30.4 Å². The summed E-state index contributed by atoms with van der Waals surface area (Å²) in [4.78, 5) is 16.4. The van der Waals surface area contributed by atoms with Gasteiger partial charge >= 0.3 is 0 Å². The lowest BCUT2D eigenvalue weighted by atomic mass is 9.88. The molecule has 0 saturated heterocycles. The van der Waals surface area contributed by atoms with Crippen LogP contribution in [0.5, 0.6) is 0 Å². The number of nitrogens with one attached hydrogen (secondary N) is 1. The molecule has 2 heterocycles. The third-order valence-electron chi connectivity index (χ3n) is 3.21. The minimum absolute atomic E-state index is 0.0434. The molecule has 114 valence electrons. The molecule has 21 heavy (non-hydrogen) atoms. The number of aliphatic hydroxyl groups excluding tert-OH is 1. The second-order valence-electron chi connectivity index (χ2n) is 5.69. The number of nitrogens with zero attached hydrogens (tertiary/aromatic N) is 1. The molecule has 0 saturated carbocycles. The van der Waals surface area contributed by atoms with Crippen LogP contribution in [0.1, 0.15) is 37.2 Å². The SMILES string of the molecule is CC(C)(CCCO)CNC(=O)c1csc(-c2ccco2)n1. The normalized spacial score (nSPS) is 11.6. The maximum absolute atomic E-state index is 12.1. The predicted octanol–water partition coefficient (Wildman–Crippen LogP) is 2.93. The topological polar surface area (TPSA) is 75.4 Å². The molecule has 0 aliphatic heterocycles. The van der Waals surface area contributed by atoms with Crippen LogP contribution >= 0.6 is 11.3 Å². The van der Waals surface area contributed by atoms with Crippen LogP contribution in [0, 0.1) is 5.41 Å². The van der Waals surface area contributed by atoms with E-state index >= 15 is 0 Å². The standard InChI is InChI=1S/C15H20N2O3S/c1-15(2,6-4-7-18)10-16-13(19)11-9-21-14(17-11)12-5-3-8-20-12/h3,5,8-9,18H,4,6-7,10H2,1-2H3,(H,16,19). The highest BCUT2D eigenvalue weighted by Gasteiger charge is 2.20. The van der Waals surface area contributed by atoms with E-state index in [0.29, 0.717) is 23.0 Å². The van der Waals surface area contributed by atoms with Crippen molar-refractivity contribution in [2.24, 2.45) is 5.41 Å². The van der Waals surface area contributed by atoms with Gasteiger partial charge in [-0.15, -0.1) is 11.3 Å². The van der Waals surface area contributed by atoms with Crippen LogP contribution in [-0.4, -0.2) is 29.1 Å². The number of amides is 1. The van der Waals surface area contributed by atoms with E-state index in [0.717, 1.165) is 12.8 Å². The van der Waals surface area contributed by atoms with E-state index in [1.54, 1.807) is 17.7 Å². The molecule has 0 aliphatic rings. The van der Waals surface area contributed by atoms with Crippen molar-refractivity contribution in [2.45, 2.75) is 26.7 Å². The van der Waals surface area contributed by atoms with Crippen molar-refractivity contribution in [1.82, 2.24) is 10.3 Å². The molecule has 0 aliphatic carbocycles. The van der Waals surface area contributed by atoms with E-state index < -0.39 is 0 Å². The lowest BCUT2D eigenvalue weighted by molar-refractivity contribution is 0.0928. The van der Waals surface area contributed by atoms with E-state index in [2.05, 4.69) is 24.1 Å². The molecule has 0 aromatic carbocycles. The van der Waals surface area contributed by atoms with Crippen molar-refractivity contribution in [3.63, 3.8) is 0 Å². The van der Waals surface area contributed by atoms with Gasteiger partial charge in [0.2, 0.25) is 0 Å². The highest BCUT2D eigenvalue weighted by Crippen LogP contribution is 2.24. The van der Waals surface area contributed by atoms with Crippen LogP contribution in [0.15, 0.2) is 28.2 Å². The first-order chi connectivity index (χ1) is 10.0. The quantitative estimate of drug-likeness (QED) is 0.824. The van der Waals surface area contributed by atoms with Crippen LogP contribution in [0.3, 0.4) is 0 Å². The first-order valence-corrected chi connectivity index (χ1v) is 7.78. The van der Waals surface area contributed by atoms with E-state index in [1.165, 1.54) is 11.3 Å². The highest BCUT2D eigenvalue weighted by molar-refractivity contribution is 7.13. The van der Waals surface area contributed by atoms with Crippen LogP contribution in [-0.2, 0) is 0 Å². The summed E-state index contributed by atoms with van der Waals surface area (Å²) in [6.45, 7) is 4.87. The van der Waals surface area contributed by atoms with Crippen LogP contribution in [0.2, 0.25) is 0 Å². The molecule has 0 radical (unpaired) electrons. The Kier molecular flexibility index (Phi) is 5.14. The zero-order valence-corrected chi connectivity index (χ0v) is 13.1. The first kappa shape index (κ1) is 15.7. The zero-order valence-electron chi connectivity index (χ0n) is 12.3. The summed E-state index contributed by atoms with van der Waals surface area (Å²) in [7, 11) is 0. The third-order valence-corrected chi connectivity index (χ3v) is 4.06. The van der Waals surface area contributed by atoms with Crippen molar-refractivity contribution in [1.29, 1.82) is 0 Å². The van der Waals surface area contributed by atoms with Crippen molar-refractivity contribution in [2.75, 3.05) is 13.2 Å². The van der Waals surface area contributed by atoms with Gasteiger partial charge in [0.25, 0.3) is 5.91 Å². The molecule has 0 atom stereocenters. The van der Waals surface area contributed by atoms with Crippen LogP contribution in [0.4, 0.5) is 0 Å². The Morgan fingerprint density at radius 2 is 2.33 bits per heavy atom. The number of thiazole rings is 1. The summed E-state index contributed by atoms with van der Waals surface area (Å²) in [6.07, 6.45) is 3.18. The molecule has 0 fully saturated rings. The summed E-state index contributed by atoms with van der Waals surface area (Å²) in [5, 5.41) is 14.2. The first-order valence-electron chi connectivity index (χ1n) is 6.90. The fourth-order valence-corrected chi connectivity index (χ4v) is 2.71. The molecule has 2 N–H and O–H groups in total. The average Bonchev–Trinajstić information content (AvgIpc) is 3.12. The van der Waals surface area contributed by atoms with Gasteiger partial charge in [0.15, 0.2) is 10.8 Å². The predicted molar refractivity (Wildman–Crippen MR) is 82.3 cm³/mol. The molecule has 5 nitrogen and oxygen atoms in total. The van der Waals surface area contributed by atoms with Gasteiger partial charge in [-0.3, -0.25) is 4.79 Å². The minimum Gasteiger partial charge on any atom is -0.462 e. The molecular formula is C15H20N2O3S. The third kappa shape index (κ3) is 4.41. The van der Waals surface area contributed by atoms with Gasteiger partial charge in [-0.2, -0.15) is 0 Å². The fraction of sp³-hybridized carbons (Fsp3) is 0.467. The van der Waals surface area contributed by atoms with Crippen molar-refractivity contribution in [3.8, 4) is 10.8 Å². The van der Waals surface area contributed by atoms with E-state index in [9.17, 15) is 4.79 Å². The van der Waals surface area contributed by atoms with E-state index in [4.69, 9.17) is 9.52 Å². The summed E-state index contributed by atoms with van der Waals surface area (Å²) in [5.41, 5.74) is 0.363.